The zero-order chi connectivity index (χ0) is 16.4. The monoisotopic (exact) mass is 316 g/mol. The Labute approximate surface area is 132 Å². The summed E-state index contributed by atoms with van der Waals surface area (Å²) >= 11 is 0. The van der Waals surface area contributed by atoms with E-state index in [1.54, 1.807) is 19.1 Å². The van der Waals surface area contributed by atoms with Crippen LogP contribution in [0.1, 0.15) is 43.7 Å². The van der Waals surface area contributed by atoms with E-state index in [-0.39, 0.29) is 17.1 Å². The summed E-state index contributed by atoms with van der Waals surface area (Å²) < 4.78 is 14.5. The number of halogens is 1. The van der Waals surface area contributed by atoms with Crippen molar-refractivity contribution in [2.24, 2.45) is 26.6 Å². The molecule has 120 valence electrons. The minimum atomic E-state index is -1.18. The molecule has 1 aliphatic heterocycles. The fourth-order valence-electron chi connectivity index (χ4n) is 3.06. The summed E-state index contributed by atoms with van der Waals surface area (Å²) in [5.41, 5.74) is -0.471. The molecule has 1 aromatic rings. The SMILES string of the molecule is CC1(c2ccc(/C(=C\C3CCCC3)C(=O)O)cc2F)N=NN=N1. The quantitative estimate of drug-likeness (QED) is 0.830. The third-order valence-corrected chi connectivity index (χ3v) is 4.34. The number of aliphatic carboxylic acids is 1. The lowest BCUT2D eigenvalue weighted by Crippen LogP contribution is -2.15. The lowest BCUT2D eigenvalue weighted by Gasteiger charge is -2.16. The van der Waals surface area contributed by atoms with Gasteiger partial charge in [-0.05, 0) is 47.8 Å². The van der Waals surface area contributed by atoms with Crippen LogP contribution < -0.4 is 0 Å². The van der Waals surface area contributed by atoms with E-state index in [1.807, 2.05) is 0 Å². The van der Waals surface area contributed by atoms with E-state index in [0.717, 1.165) is 25.7 Å². The highest BCUT2D eigenvalue weighted by molar-refractivity contribution is 6.15. The second kappa shape index (κ2) is 5.98. The zero-order valence-corrected chi connectivity index (χ0v) is 12.7. The van der Waals surface area contributed by atoms with Gasteiger partial charge in [-0.25, -0.2) is 9.18 Å². The maximum Gasteiger partial charge on any atom is 0.335 e. The lowest BCUT2D eigenvalue weighted by molar-refractivity contribution is -0.130. The van der Waals surface area contributed by atoms with Gasteiger partial charge in [-0.3, -0.25) is 0 Å². The van der Waals surface area contributed by atoms with Crippen molar-refractivity contribution in [3.05, 3.63) is 41.2 Å². The number of rotatable bonds is 4. The van der Waals surface area contributed by atoms with Gasteiger partial charge in [-0.1, -0.05) is 31.1 Å². The van der Waals surface area contributed by atoms with Gasteiger partial charge >= 0.3 is 5.97 Å². The molecule has 1 aliphatic carbocycles. The Kier molecular flexibility index (Phi) is 4.02. The lowest BCUT2D eigenvalue weighted by atomic mass is 9.95. The first-order valence-corrected chi connectivity index (χ1v) is 7.59. The second-order valence-electron chi connectivity index (χ2n) is 6.02. The largest absolute Gasteiger partial charge is 0.478 e. The molecular formula is C16H17FN4O2. The fourth-order valence-corrected chi connectivity index (χ4v) is 3.06. The van der Waals surface area contributed by atoms with Crippen LogP contribution in [-0.4, -0.2) is 11.1 Å². The van der Waals surface area contributed by atoms with Crippen LogP contribution in [0.3, 0.4) is 0 Å². The van der Waals surface area contributed by atoms with Gasteiger partial charge in [0.05, 0.1) is 5.57 Å². The smallest absolute Gasteiger partial charge is 0.335 e. The third-order valence-electron chi connectivity index (χ3n) is 4.34. The topological polar surface area (TPSA) is 86.7 Å². The molecule has 0 radical (unpaired) electrons. The van der Waals surface area contributed by atoms with Crippen molar-refractivity contribution in [1.29, 1.82) is 0 Å². The Hall–Kier alpha value is -2.44. The van der Waals surface area contributed by atoms with E-state index < -0.39 is 17.4 Å². The number of hydrogen-bond acceptors (Lipinski definition) is 5. The van der Waals surface area contributed by atoms with Gasteiger partial charge in [0, 0.05) is 5.56 Å². The number of carboxylic acids is 1. The molecule has 1 N–H and O–H groups in total. The Balaban J connectivity index is 1.96. The van der Waals surface area contributed by atoms with E-state index in [0.29, 0.717) is 5.56 Å². The number of benzene rings is 1. The average molecular weight is 316 g/mol. The molecule has 0 bridgehead atoms. The normalized spacial score (nSPS) is 20.3. The van der Waals surface area contributed by atoms with E-state index in [2.05, 4.69) is 20.7 Å². The molecule has 2 aliphatic rings. The number of nitrogens with zero attached hydrogens (tertiary/aromatic N) is 4. The second-order valence-corrected chi connectivity index (χ2v) is 6.02. The van der Waals surface area contributed by atoms with Gasteiger partial charge in [-0.2, -0.15) is 0 Å². The molecule has 7 heteroatoms. The van der Waals surface area contributed by atoms with Crippen LogP contribution in [0.4, 0.5) is 4.39 Å². The molecule has 0 spiro atoms. The summed E-state index contributed by atoms with van der Waals surface area (Å²) in [4.78, 5) is 11.5. The molecule has 1 saturated carbocycles. The summed E-state index contributed by atoms with van der Waals surface area (Å²) in [5, 5.41) is 23.9. The van der Waals surface area contributed by atoms with Crippen LogP contribution in [-0.2, 0) is 10.5 Å². The predicted molar refractivity (Wildman–Crippen MR) is 81.0 cm³/mol. The minimum Gasteiger partial charge on any atom is -0.478 e. The highest BCUT2D eigenvalue weighted by Crippen LogP contribution is 2.35. The highest BCUT2D eigenvalue weighted by Gasteiger charge is 2.32. The van der Waals surface area contributed by atoms with Crippen LogP contribution in [0.5, 0.6) is 0 Å². The average Bonchev–Trinajstić information content (AvgIpc) is 3.16. The maximum absolute atomic E-state index is 14.5. The highest BCUT2D eigenvalue weighted by atomic mass is 19.1. The molecule has 1 heterocycles. The van der Waals surface area contributed by atoms with Crippen LogP contribution >= 0.6 is 0 Å². The first-order chi connectivity index (χ1) is 11.0. The van der Waals surface area contributed by atoms with Crippen molar-refractivity contribution >= 4 is 11.5 Å². The van der Waals surface area contributed by atoms with Gasteiger partial charge in [0.25, 0.3) is 0 Å². The molecule has 1 aromatic carbocycles. The summed E-state index contributed by atoms with van der Waals surface area (Å²) in [7, 11) is 0. The van der Waals surface area contributed by atoms with Crippen molar-refractivity contribution in [3.8, 4) is 0 Å². The number of carboxylic acid groups (broad SMARTS) is 1. The molecule has 3 rings (SSSR count). The van der Waals surface area contributed by atoms with E-state index >= 15 is 0 Å². The molecule has 23 heavy (non-hydrogen) atoms. The Bertz CT molecular complexity index is 709. The van der Waals surface area contributed by atoms with Crippen molar-refractivity contribution in [2.75, 3.05) is 0 Å². The molecule has 6 nitrogen and oxygen atoms in total. The molecule has 0 unspecified atom stereocenters. The van der Waals surface area contributed by atoms with Crippen molar-refractivity contribution in [1.82, 2.24) is 0 Å². The zero-order valence-electron chi connectivity index (χ0n) is 12.7. The minimum absolute atomic E-state index is 0.141. The van der Waals surface area contributed by atoms with Gasteiger partial charge in [0.15, 0.2) is 0 Å². The summed E-state index contributed by atoms with van der Waals surface area (Å²) in [6.45, 7) is 1.59. The van der Waals surface area contributed by atoms with Crippen LogP contribution in [0, 0.1) is 11.7 Å². The number of carbonyl (C=O) groups is 1. The van der Waals surface area contributed by atoms with Gasteiger partial charge < -0.3 is 5.11 Å². The number of hydrogen-bond donors (Lipinski definition) is 1. The van der Waals surface area contributed by atoms with Crippen molar-refractivity contribution < 1.29 is 14.3 Å². The summed E-state index contributed by atoms with van der Waals surface area (Å²) in [6.07, 6.45) is 5.93. The number of allylic oxidation sites excluding steroid dienone is 1. The predicted octanol–water partition coefficient (Wildman–Crippen LogP) is 4.49. The standard InChI is InChI=1S/C16H17FN4O2/c1-16(18-20-21-19-16)13-7-6-11(9-14(13)17)12(15(22)23)8-10-4-2-3-5-10/h6-10H,2-5H2,1H3,(H,22,23)/b12-8+. The maximum atomic E-state index is 14.5. The van der Waals surface area contributed by atoms with Crippen molar-refractivity contribution in [3.63, 3.8) is 0 Å². The van der Waals surface area contributed by atoms with E-state index in [4.69, 9.17) is 0 Å². The molecule has 0 saturated heterocycles. The Morgan fingerprint density at radius 1 is 1.30 bits per heavy atom. The van der Waals surface area contributed by atoms with Crippen LogP contribution in [0.25, 0.3) is 5.57 Å². The third kappa shape index (κ3) is 3.04. The van der Waals surface area contributed by atoms with Gasteiger partial charge in [-0.15, -0.1) is 10.2 Å². The molecule has 0 aromatic heterocycles. The first kappa shape index (κ1) is 15.5. The van der Waals surface area contributed by atoms with Crippen LogP contribution in [0.15, 0.2) is 45.0 Å². The Morgan fingerprint density at radius 2 is 1.96 bits per heavy atom. The first-order valence-electron chi connectivity index (χ1n) is 7.59. The van der Waals surface area contributed by atoms with E-state index in [1.165, 1.54) is 12.1 Å². The Morgan fingerprint density at radius 3 is 2.52 bits per heavy atom. The molecule has 0 atom stereocenters. The van der Waals surface area contributed by atoms with Gasteiger partial charge in [0.2, 0.25) is 5.66 Å². The van der Waals surface area contributed by atoms with E-state index in [9.17, 15) is 14.3 Å². The molecule has 0 amide bonds. The molecular weight excluding hydrogens is 299 g/mol. The van der Waals surface area contributed by atoms with Crippen molar-refractivity contribution in [2.45, 2.75) is 38.3 Å². The fraction of sp³-hybridized carbons (Fsp3) is 0.438. The van der Waals surface area contributed by atoms with Crippen LogP contribution in [0.2, 0.25) is 0 Å². The van der Waals surface area contributed by atoms with Gasteiger partial charge in [0.1, 0.15) is 5.82 Å². The summed E-state index contributed by atoms with van der Waals surface area (Å²) in [6, 6.07) is 4.31. The summed E-state index contributed by atoms with van der Waals surface area (Å²) in [5.74, 6) is -1.36. The molecule has 1 fully saturated rings.